The number of sulfonamides is 1. The third-order valence-corrected chi connectivity index (χ3v) is 6.46. The van der Waals surface area contributed by atoms with Crippen LogP contribution in [-0.4, -0.2) is 31.9 Å². The van der Waals surface area contributed by atoms with E-state index in [1.807, 2.05) is 20.8 Å². The lowest BCUT2D eigenvalue weighted by atomic mass is 10.1. The zero-order chi connectivity index (χ0) is 16.3. The predicted octanol–water partition coefficient (Wildman–Crippen LogP) is 4.00. The highest BCUT2D eigenvalue weighted by Gasteiger charge is 2.33. The number of piperidine rings is 1. The van der Waals surface area contributed by atoms with Crippen molar-refractivity contribution in [2.45, 2.75) is 57.4 Å². The fourth-order valence-corrected chi connectivity index (χ4v) is 4.79. The largest absolute Gasteiger partial charge is 0.492 e. The lowest BCUT2D eigenvalue weighted by molar-refractivity contribution is 0.265. The van der Waals surface area contributed by atoms with Crippen molar-refractivity contribution in [3.8, 4) is 5.75 Å². The average Bonchev–Trinajstić information content (AvgIpc) is 2.48. The van der Waals surface area contributed by atoms with Crippen LogP contribution in [0.15, 0.2) is 17.0 Å². The highest BCUT2D eigenvalue weighted by Crippen LogP contribution is 2.34. The first-order valence-electron chi connectivity index (χ1n) is 7.82. The molecule has 1 aromatic carbocycles. The van der Waals surface area contributed by atoms with Gasteiger partial charge in [0.15, 0.2) is 0 Å². The third kappa shape index (κ3) is 3.58. The molecule has 0 radical (unpaired) electrons. The molecule has 0 spiro atoms. The van der Waals surface area contributed by atoms with E-state index in [-0.39, 0.29) is 10.9 Å². The van der Waals surface area contributed by atoms with Gasteiger partial charge in [-0.2, -0.15) is 4.31 Å². The Labute approximate surface area is 138 Å². The summed E-state index contributed by atoms with van der Waals surface area (Å²) in [5.74, 6) is 0.404. The molecule has 1 aliphatic rings. The molecule has 0 amide bonds. The van der Waals surface area contributed by atoms with Crippen LogP contribution in [0.1, 0.15) is 45.1 Å². The molecule has 1 heterocycles. The molecular formula is C16H24ClNO3S. The van der Waals surface area contributed by atoms with Crippen LogP contribution in [-0.2, 0) is 10.0 Å². The number of hydrogen-bond donors (Lipinski definition) is 0. The second-order valence-electron chi connectivity index (χ2n) is 5.86. The monoisotopic (exact) mass is 345 g/mol. The van der Waals surface area contributed by atoms with Crippen molar-refractivity contribution in [2.24, 2.45) is 0 Å². The number of rotatable bonds is 5. The van der Waals surface area contributed by atoms with Crippen LogP contribution in [0.25, 0.3) is 0 Å². The minimum atomic E-state index is -3.59. The number of hydrogen-bond acceptors (Lipinski definition) is 3. The normalized spacial score (nSPS) is 20.1. The number of ether oxygens (including phenoxy) is 1. The lowest BCUT2D eigenvalue weighted by Gasteiger charge is -2.32. The average molecular weight is 346 g/mol. The standard InChI is InChI=1S/C16H24ClNO3S/c1-4-9-21-15-10-12(2)14(17)11-16(15)22(19,20)18-8-6-5-7-13(18)3/h10-11,13H,4-9H2,1-3H3. The van der Waals surface area contributed by atoms with Gasteiger partial charge >= 0.3 is 0 Å². The molecule has 1 saturated heterocycles. The van der Waals surface area contributed by atoms with Gasteiger partial charge < -0.3 is 4.74 Å². The van der Waals surface area contributed by atoms with E-state index in [1.165, 1.54) is 6.07 Å². The highest BCUT2D eigenvalue weighted by atomic mass is 35.5. The van der Waals surface area contributed by atoms with Crippen LogP contribution in [0.5, 0.6) is 5.75 Å². The van der Waals surface area contributed by atoms with E-state index in [0.717, 1.165) is 31.2 Å². The maximum absolute atomic E-state index is 13.0. The Hall–Kier alpha value is -0.780. The smallest absolute Gasteiger partial charge is 0.247 e. The fourth-order valence-electron chi connectivity index (χ4n) is 2.72. The second-order valence-corrected chi connectivity index (χ2v) is 8.12. The SMILES string of the molecule is CCCOc1cc(C)c(Cl)cc1S(=O)(=O)N1CCCCC1C. The summed E-state index contributed by atoms with van der Waals surface area (Å²) in [7, 11) is -3.59. The highest BCUT2D eigenvalue weighted by molar-refractivity contribution is 7.89. The van der Waals surface area contributed by atoms with Crippen molar-refractivity contribution in [1.29, 1.82) is 0 Å². The van der Waals surface area contributed by atoms with Gasteiger partial charge in [-0.15, -0.1) is 0 Å². The van der Waals surface area contributed by atoms with Crippen LogP contribution in [0.2, 0.25) is 5.02 Å². The Morgan fingerprint density at radius 3 is 2.73 bits per heavy atom. The van der Waals surface area contributed by atoms with Crippen LogP contribution < -0.4 is 4.74 Å². The molecule has 1 aliphatic heterocycles. The molecule has 124 valence electrons. The number of halogens is 1. The molecule has 0 aliphatic carbocycles. The minimum Gasteiger partial charge on any atom is -0.492 e. The zero-order valence-electron chi connectivity index (χ0n) is 13.4. The Bertz CT molecular complexity index is 631. The van der Waals surface area contributed by atoms with Crippen molar-refractivity contribution >= 4 is 21.6 Å². The van der Waals surface area contributed by atoms with Gasteiger partial charge in [-0.3, -0.25) is 0 Å². The van der Waals surface area contributed by atoms with Gasteiger partial charge in [-0.05, 0) is 50.8 Å². The van der Waals surface area contributed by atoms with Gasteiger partial charge in [0, 0.05) is 17.6 Å². The van der Waals surface area contributed by atoms with E-state index >= 15 is 0 Å². The Morgan fingerprint density at radius 2 is 2.09 bits per heavy atom. The summed E-state index contributed by atoms with van der Waals surface area (Å²) < 4.78 is 33.3. The van der Waals surface area contributed by atoms with Crippen LogP contribution >= 0.6 is 11.6 Å². The van der Waals surface area contributed by atoms with Crippen molar-refractivity contribution in [1.82, 2.24) is 4.31 Å². The fraction of sp³-hybridized carbons (Fsp3) is 0.625. The van der Waals surface area contributed by atoms with E-state index in [9.17, 15) is 8.42 Å². The molecule has 0 aromatic heterocycles. The van der Waals surface area contributed by atoms with E-state index < -0.39 is 10.0 Å². The van der Waals surface area contributed by atoms with E-state index in [2.05, 4.69) is 0 Å². The van der Waals surface area contributed by atoms with Gasteiger partial charge in [-0.25, -0.2) is 8.42 Å². The van der Waals surface area contributed by atoms with E-state index in [1.54, 1.807) is 10.4 Å². The Balaban J connectivity index is 2.46. The maximum atomic E-state index is 13.0. The molecule has 1 unspecified atom stereocenters. The minimum absolute atomic E-state index is 0.0119. The third-order valence-electron chi connectivity index (χ3n) is 4.02. The molecule has 1 aromatic rings. The summed E-state index contributed by atoms with van der Waals surface area (Å²) in [6.07, 6.45) is 3.68. The predicted molar refractivity (Wildman–Crippen MR) is 89.2 cm³/mol. The van der Waals surface area contributed by atoms with Crippen LogP contribution in [0.4, 0.5) is 0 Å². The number of benzene rings is 1. The van der Waals surface area contributed by atoms with Gasteiger partial charge in [0.1, 0.15) is 10.6 Å². The molecule has 0 saturated carbocycles. The molecule has 1 fully saturated rings. The summed E-state index contributed by atoms with van der Waals surface area (Å²) in [5.41, 5.74) is 0.818. The summed E-state index contributed by atoms with van der Waals surface area (Å²) in [4.78, 5) is 0.185. The lowest BCUT2D eigenvalue weighted by Crippen LogP contribution is -2.42. The molecule has 0 N–H and O–H groups in total. The Morgan fingerprint density at radius 1 is 1.36 bits per heavy atom. The van der Waals surface area contributed by atoms with Crippen molar-refractivity contribution < 1.29 is 13.2 Å². The Kier molecular flexibility index (Phi) is 5.75. The molecule has 6 heteroatoms. The number of aryl methyl sites for hydroxylation is 1. The quantitative estimate of drug-likeness (QED) is 0.810. The van der Waals surface area contributed by atoms with Gasteiger partial charge in [0.25, 0.3) is 0 Å². The van der Waals surface area contributed by atoms with Gasteiger partial charge in [0.05, 0.1) is 6.61 Å². The molecule has 0 bridgehead atoms. The van der Waals surface area contributed by atoms with E-state index in [0.29, 0.717) is 23.9 Å². The molecular weight excluding hydrogens is 322 g/mol. The maximum Gasteiger partial charge on any atom is 0.247 e. The number of nitrogens with zero attached hydrogens (tertiary/aromatic N) is 1. The zero-order valence-corrected chi connectivity index (χ0v) is 15.0. The van der Waals surface area contributed by atoms with Crippen LogP contribution in [0.3, 0.4) is 0 Å². The second kappa shape index (κ2) is 7.20. The van der Waals surface area contributed by atoms with Gasteiger partial charge in [0.2, 0.25) is 10.0 Å². The molecule has 1 atom stereocenters. The first-order valence-corrected chi connectivity index (χ1v) is 9.64. The van der Waals surface area contributed by atoms with Crippen molar-refractivity contribution in [3.05, 3.63) is 22.7 Å². The van der Waals surface area contributed by atoms with Crippen LogP contribution in [0, 0.1) is 6.92 Å². The molecule has 22 heavy (non-hydrogen) atoms. The van der Waals surface area contributed by atoms with E-state index in [4.69, 9.17) is 16.3 Å². The molecule has 2 rings (SSSR count). The molecule has 4 nitrogen and oxygen atoms in total. The summed E-state index contributed by atoms with van der Waals surface area (Å²) in [5, 5.41) is 0.451. The first-order chi connectivity index (χ1) is 10.4. The summed E-state index contributed by atoms with van der Waals surface area (Å²) in [6.45, 7) is 6.84. The topological polar surface area (TPSA) is 46.6 Å². The van der Waals surface area contributed by atoms with Crippen molar-refractivity contribution in [2.75, 3.05) is 13.2 Å². The van der Waals surface area contributed by atoms with Gasteiger partial charge in [-0.1, -0.05) is 24.9 Å². The summed E-state index contributed by atoms with van der Waals surface area (Å²) >= 11 is 6.16. The first kappa shape index (κ1) is 17.6. The van der Waals surface area contributed by atoms with Crippen molar-refractivity contribution in [3.63, 3.8) is 0 Å². The summed E-state index contributed by atoms with van der Waals surface area (Å²) in [6, 6.07) is 3.26.